The second kappa shape index (κ2) is 8.18. The van der Waals surface area contributed by atoms with E-state index >= 15 is 0 Å². The van der Waals surface area contributed by atoms with Gasteiger partial charge in [0.2, 0.25) is 5.91 Å². The van der Waals surface area contributed by atoms with Crippen LogP contribution in [0.25, 0.3) is 0 Å². The number of aromatic nitrogens is 1. The number of likely N-dealkylation sites (tertiary alicyclic amines) is 1. The van der Waals surface area contributed by atoms with Gasteiger partial charge in [0.05, 0.1) is 5.69 Å². The number of primary amides is 1. The molecular weight excluding hydrogens is 319 g/mol. The van der Waals surface area contributed by atoms with E-state index in [1.165, 1.54) is 12.1 Å². The minimum Gasteiger partial charge on any atom is -0.368 e. The van der Waals surface area contributed by atoms with Gasteiger partial charge in [0.25, 0.3) is 0 Å². The second-order valence-electron chi connectivity index (χ2n) is 6.43. The van der Waals surface area contributed by atoms with Crippen molar-refractivity contribution in [2.24, 2.45) is 5.73 Å². The molecule has 1 aromatic heterocycles. The Morgan fingerprint density at radius 2 is 1.96 bits per heavy atom. The predicted molar refractivity (Wildman–Crippen MR) is 94.0 cm³/mol. The number of nitrogens with zero attached hydrogens (tertiary/aromatic N) is 2. The van der Waals surface area contributed by atoms with Crippen LogP contribution in [0.15, 0.2) is 48.7 Å². The van der Waals surface area contributed by atoms with Gasteiger partial charge in [-0.15, -0.1) is 0 Å². The number of piperidine rings is 1. The van der Waals surface area contributed by atoms with Gasteiger partial charge in [-0.2, -0.15) is 0 Å². The maximum atomic E-state index is 13.1. The van der Waals surface area contributed by atoms with Crippen molar-refractivity contribution >= 4 is 5.91 Å². The molecule has 0 spiro atoms. The van der Waals surface area contributed by atoms with E-state index in [-0.39, 0.29) is 11.9 Å². The fourth-order valence-electron chi connectivity index (χ4n) is 3.21. The number of nitrogens with one attached hydrogen (secondary N) is 1. The van der Waals surface area contributed by atoms with Crippen molar-refractivity contribution in [2.75, 3.05) is 13.1 Å². The zero-order valence-electron chi connectivity index (χ0n) is 14.1. The van der Waals surface area contributed by atoms with E-state index in [0.29, 0.717) is 5.56 Å². The first kappa shape index (κ1) is 17.5. The number of benzene rings is 1. The number of amides is 1. The van der Waals surface area contributed by atoms with Crippen LogP contribution in [0.4, 0.5) is 4.39 Å². The Morgan fingerprint density at radius 1 is 1.24 bits per heavy atom. The van der Waals surface area contributed by atoms with Gasteiger partial charge in [0, 0.05) is 31.9 Å². The highest BCUT2D eigenvalue weighted by molar-refractivity contribution is 5.81. The summed E-state index contributed by atoms with van der Waals surface area (Å²) in [6, 6.07) is 11.5. The quantitative estimate of drug-likeness (QED) is 0.842. The van der Waals surface area contributed by atoms with Crippen LogP contribution < -0.4 is 11.1 Å². The molecule has 1 unspecified atom stereocenters. The Morgan fingerprint density at radius 3 is 2.56 bits per heavy atom. The summed E-state index contributed by atoms with van der Waals surface area (Å²) in [6.45, 7) is 2.71. The molecule has 1 atom stereocenters. The first-order valence-corrected chi connectivity index (χ1v) is 8.55. The Balaban J connectivity index is 1.54. The number of hydrogen-bond donors (Lipinski definition) is 2. The molecule has 0 bridgehead atoms. The van der Waals surface area contributed by atoms with Gasteiger partial charge < -0.3 is 5.73 Å². The van der Waals surface area contributed by atoms with E-state index in [4.69, 9.17) is 5.73 Å². The maximum Gasteiger partial charge on any atom is 0.239 e. The van der Waals surface area contributed by atoms with E-state index in [9.17, 15) is 9.18 Å². The van der Waals surface area contributed by atoms with Gasteiger partial charge in [-0.3, -0.25) is 20.0 Å². The van der Waals surface area contributed by atoms with Gasteiger partial charge in [-0.1, -0.05) is 18.2 Å². The Labute approximate surface area is 147 Å². The minimum atomic E-state index is -0.590. The lowest BCUT2D eigenvalue weighted by Gasteiger charge is -2.34. The van der Waals surface area contributed by atoms with E-state index < -0.39 is 11.9 Å². The first-order valence-electron chi connectivity index (χ1n) is 8.55. The van der Waals surface area contributed by atoms with Crippen molar-refractivity contribution in [1.29, 1.82) is 0 Å². The van der Waals surface area contributed by atoms with Crippen molar-refractivity contribution in [3.8, 4) is 0 Å². The number of nitrogens with two attached hydrogens (primary N) is 1. The maximum absolute atomic E-state index is 13.1. The highest BCUT2D eigenvalue weighted by Gasteiger charge is 2.25. The molecule has 25 heavy (non-hydrogen) atoms. The molecule has 0 radical (unpaired) electrons. The fourth-order valence-corrected chi connectivity index (χ4v) is 3.21. The van der Waals surface area contributed by atoms with Crippen molar-refractivity contribution in [3.05, 3.63) is 65.7 Å². The molecule has 1 aliphatic rings. The zero-order chi connectivity index (χ0) is 17.6. The van der Waals surface area contributed by atoms with Crippen LogP contribution in [0.3, 0.4) is 0 Å². The van der Waals surface area contributed by atoms with E-state index in [1.54, 1.807) is 12.1 Å². The summed E-state index contributed by atoms with van der Waals surface area (Å²) in [5.41, 5.74) is 7.30. The van der Waals surface area contributed by atoms with Crippen molar-refractivity contribution in [2.45, 2.75) is 31.5 Å². The Bertz CT molecular complexity index is 684. The van der Waals surface area contributed by atoms with Gasteiger partial charge >= 0.3 is 0 Å². The molecule has 1 fully saturated rings. The van der Waals surface area contributed by atoms with Gasteiger partial charge in [0.1, 0.15) is 11.9 Å². The third kappa shape index (κ3) is 4.84. The summed E-state index contributed by atoms with van der Waals surface area (Å²) in [5, 5.41) is 3.34. The molecule has 2 aromatic rings. The van der Waals surface area contributed by atoms with E-state index in [0.717, 1.165) is 38.2 Å². The Kier molecular flexibility index (Phi) is 5.73. The molecule has 1 saturated heterocycles. The lowest BCUT2D eigenvalue weighted by atomic mass is 10.00. The molecule has 0 saturated carbocycles. The largest absolute Gasteiger partial charge is 0.368 e. The molecule has 3 N–H and O–H groups in total. The zero-order valence-corrected chi connectivity index (χ0v) is 14.1. The van der Waals surface area contributed by atoms with Gasteiger partial charge in [-0.05, 0) is 42.7 Å². The molecule has 3 rings (SSSR count). The lowest BCUT2D eigenvalue weighted by molar-refractivity contribution is -0.120. The third-order valence-electron chi connectivity index (χ3n) is 4.59. The molecule has 132 valence electrons. The second-order valence-corrected chi connectivity index (χ2v) is 6.43. The molecule has 1 amide bonds. The van der Waals surface area contributed by atoms with Crippen LogP contribution in [0.2, 0.25) is 0 Å². The summed E-state index contributed by atoms with van der Waals surface area (Å²) < 4.78 is 13.1. The molecule has 2 heterocycles. The standard InChI is InChI=1S/C19H23FN4O/c20-15-6-4-14(5-7-15)18(19(21)25)23-16-8-11-24(12-9-16)13-17-3-1-2-10-22-17/h1-7,10,16,18,23H,8-9,11-13H2,(H2,21,25). The highest BCUT2D eigenvalue weighted by Crippen LogP contribution is 2.19. The predicted octanol–water partition coefficient (Wildman–Crippen LogP) is 2.00. The summed E-state index contributed by atoms with van der Waals surface area (Å²) >= 11 is 0. The van der Waals surface area contributed by atoms with Crippen LogP contribution in [-0.4, -0.2) is 34.9 Å². The lowest BCUT2D eigenvalue weighted by Crippen LogP contribution is -2.46. The van der Waals surface area contributed by atoms with Crippen LogP contribution in [0.5, 0.6) is 0 Å². The number of rotatable bonds is 6. The molecular formula is C19H23FN4O. The summed E-state index contributed by atoms with van der Waals surface area (Å²) in [4.78, 5) is 18.5. The van der Waals surface area contributed by atoms with Gasteiger partial charge in [0.15, 0.2) is 0 Å². The summed E-state index contributed by atoms with van der Waals surface area (Å²) in [5.74, 6) is -0.766. The summed E-state index contributed by atoms with van der Waals surface area (Å²) in [6.07, 6.45) is 3.67. The van der Waals surface area contributed by atoms with E-state index in [2.05, 4.69) is 15.2 Å². The average Bonchev–Trinajstić information content (AvgIpc) is 2.63. The topological polar surface area (TPSA) is 71.2 Å². The van der Waals surface area contributed by atoms with Gasteiger partial charge in [-0.25, -0.2) is 4.39 Å². The van der Waals surface area contributed by atoms with E-state index in [1.807, 2.05) is 24.4 Å². The molecule has 6 heteroatoms. The van der Waals surface area contributed by atoms with Crippen LogP contribution in [0, 0.1) is 5.82 Å². The molecule has 5 nitrogen and oxygen atoms in total. The molecule has 1 aliphatic heterocycles. The normalized spacial score (nSPS) is 17.3. The van der Waals surface area contributed by atoms with Crippen molar-refractivity contribution in [3.63, 3.8) is 0 Å². The minimum absolute atomic E-state index is 0.211. The van der Waals surface area contributed by atoms with Crippen molar-refractivity contribution in [1.82, 2.24) is 15.2 Å². The number of halogens is 1. The number of hydrogen-bond acceptors (Lipinski definition) is 4. The highest BCUT2D eigenvalue weighted by atomic mass is 19.1. The summed E-state index contributed by atoms with van der Waals surface area (Å²) in [7, 11) is 0. The average molecular weight is 342 g/mol. The smallest absolute Gasteiger partial charge is 0.239 e. The molecule has 0 aliphatic carbocycles. The SMILES string of the molecule is NC(=O)C(NC1CCN(Cc2ccccn2)CC1)c1ccc(F)cc1. The Hall–Kier alpha value is -2.31. The fraction of sp³-hybridized carbons (Fsp3) is 0.368. The third-order valence-corrected chi connectivity index (χ3v) is 4.59. The van der Waals surface area contributed by atoms with Crippen LogP contribution in [0.1, 0.15) is 30.1 Å². The number of carbonyl (C=O) groups is 1. The van der Waals surface area contributed by atoms with Crippen LogP contribution >= 0.6 is 0 Å². The van der Waals surface area contributed by atoms with Crippen LogP contribution in [-0.2, 0) is 11.3 Å². The van der Waals surface area contributed by atoms with Crippen molar-refractivity contribution < 1.29 is 9.18 Å². The first-order chi connectivity index (χ1) is 12.1. The molecule has 1 aromatic carbocycles. The monoisotopic (exact) mass is 342 g/mol. The number of carbonyl (C=O) groups excluding carboxylic acids is 1. The number of pyridine rings is 1.